The van der Waals surface area contributed by atoms with E-state index in [1.54, 1.807) is 12.4 Å². The van der Waals surface area contributed by atoms with Crippen LogP contribution in [0.25, 0.3) is 32.6 Å². The number of pyridine rings is 1. The molecule has 2 saturated carbocycles. The number of halogens is 1. The van der Waals surface area contributed by atoms with Crippen LogP contribution in [0, 0.1) is 5.82 Å². The lowest BCUT2D eigenvalue weighted by Crippen LogP contribution is -2.36. The van der Waals surface area contributed by atoms with Gasteiger partial charge in [0.1, 0.15) is 40.7 Å². The number of fused-ring (bicyclic) bond motifs is 4. The number of carbonyl (C=O) groups is 1. The zero-order chi connectivity index (χ0) is 23.8. The Bertz CT molecular complexity index is 1580. The van der Waals surface area contributed by atoms with Gasteiger partial charge in [0.15, 0.2) is 5.13 Å². The van der Waals surface area contributed by atoms with Gasteiger partial charge in [-0.3, -0.25) is 4.79 Å². The summed E-state index contributed by atoms with van der Waals surface area (Å²) in [7, 11) is 1.96. The van der Waals surface area contributed by atoms with Crippen LogP contribution in [-0.4, -0.2) is 47.0 Å². The molecule has 1 amide bonds. The first-order valence-corrected chi connectivity index (χ1v) is 12.8. The normalized spacial score (nSPS) is 16.0. The molecule has 35 heavy (non-hydrogen) atoms. The van der Waals surface area contributed by atoms with Crippen molar-refractivity contribution in [2.75, 3.05) is 5.32 Å². The maximum absolute atomic E-state index is 13.8. The third-order valence-corrected chi connectivity index (χ3v) is 7.98. The third kappa shape index (κ3) is 3.23. The molecule has 178 valence electrons. The predicted molar refractivity (Wildman–Crippen MR) is 134 cm³/mol. The average Bonchev–Trinajstić information content (AvgIpc) is 3.73. The molecule has 2 aliphatic carbocycles. The first-order chi connectivity index (χ1) is 17.0. The molecule has 10 heteroatoms. The lowest BCUT2D eigenvalue weighted by Gasteiger charge is -2.23. The molecule has 2 fully saturated rings. The molecular formula is C25H24FN7OS. The number of imidazole rings is 1. The van der Waals surface area contributed by atoms with Crippen molar-refractivity contribution in [3.63, 3.8) is 0 Å². The Morgan fingerprint density at radius 1 is 1.17 bits per heavy atom. The second-order valence-corrected chi connectivity index (χ2v) is 10.5. The second-order valence-electron chi connectivity index (χ2n) is 9.42. The van der Waals surface area contributed by atoms with Crippen LogP contribution < -0.4 is 5.32 Å². The van der Waals surface area contributed by atoms with Gasteiger partial charge in [0.25, 0.3) is 5.91 Å². The molecule has 0 bridgehead atoms. The number of aryl methyl sites for hydroxylation is 2. The largest absolute Gasteiger partial charge is 0.331 e. The van der Waals surface area contributed by atoms with E-state index in [9.17, 15) is 9.18 Å². The Hall–Kier alpha value is -3.53. The molecule has 0 atom stereocenters. The molecule has 8 nitrogen and oxygen atoms in total. The van der Waals surface area contributed by atoms with E-state index in [1.807, 2.05) is 17.7 Å². The molecule has 1 aromatic carbocycles. The first kappa shape index (κ1) is 20.8. The summed E-state index contributed by atoms with van der Waals surface area (Å²) >= 11 is 1.45. The van der Waals surface area contributed by atoms with E-state index in [4.69, 9.17) is 0 Å². The molecular weight excluding hydrogens is 465 g/mol. The molecule has 7 rings (SSSR count). The highest BCUT2D eigenvalue weighted by molar-refractivity contribution is 7.22. The monoisotopic (exact) mass is 489 g/mol. The standard InChI is InChI=1S/C25H24FN7OS/c1-3-32-18(24(34)33(14-5-6-14)15-7-8-15)11-16-20-21(28-12-27-20)22(31(2)23(16)32)30-25-29-17-10-13(26)4-9-19(17)35-25/h4,9-12,14-15H,3,5-8H2,1-2H3,(H,29,30). The van der Waals surface area contributed by atoms with E-state index in [-0.39, 0.29) is 11.7 Å². The summed E-state index contributed by atoms with van der Waals surface area (Å²) in [5, 5.41) is 4.96. The van der Waals surface area contributed by atoms with Gasteiger partial charge >= 0.3 is 0 Å². The molecule has 4 aliphatic rings. The number of nitrogens with one attached hydrogen (secondary N) is 1. The van der Waals surface area contributed by atoms with Crippen molar-refractivity contribution in [2.45, 2.75) is 51.2 Å². The Kier molecular flexibility index (Phi) is 4.45. The minimum Gasteiger partial charge on any atom is -0.331 e. The molecule has 3 aromatic rings. The van der Waals surface area contributed by atoms with Crippen LogP contribution in [-0.2, 0) is 13.6 Å². The van der Waals surface area contributed by atoms with E-state index in [2.05, 4.69) is 36.7 Å². The van der Waals surface area contributed by atoms with Crippen molar-refractivity contribution in [1.29, 1.82) is 0 Å². The summed E-state index contributed by atoms with van der Waals surface area (Å²) in [6.45, 7) is 2.71. The minimum atomic E-state index is -0.310. The minimum absolute atomic E-state index is 0.114. The fourth-order valence-electron chi connectivity index (χ4n) is 5.14. The average molecular weight is 490 g/mol. The zero-order valence-electron chi connectivity index (χ0n) is 19.5. The summed E-state index contributed by atoms with van der Waals surface area (Å²) in [6, 6.07) is 7.36. The maximum atomic E-state index is 13.8. The van der Waals surface area contributed by atoms with Gasteiger partial charge in [-0.05, 0) is 50.8 Å². The van der Waals surface area contributed by atoms with Crippen molar-refractivity contribution >= 4 is 49.4 Å². The quantitative estimate of drug-likeness (QED) is 0.357. The van der Waals surface area contributed by atoms with E-state index in [0.717, 1.165) is 52.9 Å². The van der Waals surface area contributed by atoms with Crippen LogP contribution in [0.15, 0.2) is 30.6 Å². The zero-order valence-corrected chi connectivity index (χ0v) is 20.3. The van der Waals surface area contributed by atoms with Crippen molar-refractivity contribution in [3.8, 4) is 11.4 Å². The van der Waals surface area contributed by atoms with Gasteiger partial charge in [-0.2, -0.15) is 0 Å². The number of carbonyl (C=O) groups excluding carboxylic acids is 1. The Morgan fingerprint density at radius 3 is 2.63 bits per heavy atom. The number of benzene rings is 1. The van der Waals surface area contributed by atoms with E-state index >= 15 is 0 Å². The summed E-state index contributed by atoms with van der Waals surface area (Å²) < 4.78 is 18.7. The van der Waals surface area contributed by atoms with E-state index < -0.39 is 0 Å². The van der Waals surface area contributed by atoms with Gasteiger partial charge in [0, 0.05) is 37.1 Å². The summed E-state index contributed by atoms with van der Waals surface area (Å²) in [6.07, 6.45) is 5.94. The number of rotatable bonds is 6. The summed E-state index contributed by atoms with van der Waals surface area (Å²) in [5.41, 5.74) is 3.67. The van der Waals surface area contributed by atoms with E-state index in [0.29, 0.717) is 40.7 Å². The van der Waals surface area contributed by atoms with Crippen molar-refractivity contribution in [3.05, 3.63) is 42.1 Å². The van der Waals surface area contributed by atoms with Crippen molar-refractivity contribution in [1.82, 2.24) is 29.0 Å². The second kappa shape index (κ2) is 7.48. The van der Waals surface area contributed by atoms with Gasteiger partial charge in [0.2, 0.25) is 0 Å². The highest BCUT2D eigenvalue weighted by Crippen LogP contribution is 2.41. The summed E-state index contributed by atoms with van der Waals surface area (Å²) in [4.78, 5) is 29.5. The molecule has 0 unspecified atom stereocenters. The summed E-state index contributed by atoms with van der Waals surface area (Å²) in [5.74, 6) is 0.538. The number of aromatic nitrogens is 5. The highest BCUT2D eigenvalue weighted by Gasteiger charge is 2.43. The fourth-order valence-corrected chi connectivity index (χ4v) is 5.98. The van der Waals surface area contributed by atoms with Gasteiger partial charge in [-0.25, -0.2) is 19.3 Å². The van der Waals surface area contributed by atoms with Crippen LogP contribution in [0.2, 0.25) is 0 Å². The van der Waals surface area contributed by atoms with Crippen molar-refractivity contribution in [2.24, 2.45) is 7.05 Å². The van der Waals surface area contributed by atoms with Crippen LogP contribution in [0.3, 0.4) is 0 Å². The highest BCUT2D eigenvalue weighted by atomic mass is 32.1. The number of nitrogens with zero attached hydrogens (tertiary/aromatic N) is 6. The third-order valence-electron chi connectivity index (χ3n) is 7.02. The van der Waals surface area contributed by atoms with Crippen molar-refractivity contribution < 1.29 is 9.18 Å². The van der Waals surface area contributed by atoms with Crippen LogP contribution in [0.1, 0.15) is 43.1 Å². The number of thiazole rings is 1. The number of hydrogen-bond acceptors (Lipinski definition) is 6. The van der Waals surface area contributed by atoms with Gasteiger partial charge in [-0.15, -0.1) is 0 Å². The maximum Gasteiger partial charge on any atom is 0.271 e. The van der Waals surface area contributed by atoms with Gasteiger partial charge < -0.3 is 19.4 Å². The molecule has 1 N–H and O–H groups in total. The molecule has 2 aliphatic heterocycles. The number of hydrogen-bond donors (Lipinski definition) is 1. The molecule has 4 heterocycles. The Labute approximate surface area is 204 Å². The van der Waals surface area contributed by atoms with Crippen LogP contribution in [0.5, 0.6) is 0 Å². The predicted octanol–water partition coefficient (Wildman–Crippen LogP) is 5.15. The topological polar surface area (TPSA) is 80.9 Å². The van der Waals surface area contributed by atoms with Gasteiger partial charge in [0.05, 0.1) is 10.2 Å². The lowest BCUT2D eigenvalue weighted by atomic mass is 10.2. The van der Waals surface area contributed by atoms with E-state index in [1.165, 1.54) is 23.5 Å². The number of anilines is 2. The number of amides is 1. The van der Waals surface area contributed by atoms with Crippen LogP contribution in [0.4, 0.5) is 15.3 Å². The van der Waals surface area contributed by atoms with Crippen LogP contribution >= 0.6 is 11.3 Å². The first-order valence-electron chi connectivity index (χ1n) is 12.0. The SMILES string of the molecule is CCn1c(C(=O)N(C2CC2)C2CC2)cc2c3ncnc-3c(Nc3nc4cc(F)ccc4s3)n(C)c21. The molecule has 0 saturated heterocycles. The smallest absolute Gasteiger partial charge is 0.271 e. The lowest BCUT2D eigenvalue weighted by molar-refractivity contribution is 0.0719. The van der Waals surface area contributed by atoms with Gasteiger partial charge in [-0.1, -0.05) is 11.3 Å². The molecule has 0 radical (unpaired) electrons. The molecule has 2 aromatic heterocycles. The Morgan fingerprint density at radius 2 is 1.91 bits per heavy atom. The fraction of sp³-hybridized carbons (Fsp3) is 0.360. The molecule has 0 spiro atoms. The Balaban J connectivity index is 1.38.